The van der Waals surface area contributed by atoms with E-state index < -0.39 is 35.6 Å². The summed E-state index contributed by atoms with van der Waals surface area (Å²) in [7, 11) is 0. The third-order valence-corrected chi connectivity index (χ3v) is 3.19. The summed E-state index contributed by atoms with van der Waals surface area (Å²) in [5.41, 5.74) is -0.782. The van der Waals surface area contributed by atoms with Crippen molar-refractivity contribution in [1.82, 2.24) is 5.32 Å². The molecule has 0 spiro atoms. The quantitative estimate of drug-likeness (QED) is 0.692. The minimum Gasteiger partial charge on any atom is -0.480 e. The number of benzene rings is 1. The van der Waals surface area contributed by atoms with Crippen molar-refractivity contribution in [3.8, 4) is 0 Å². The first kappa shape index (κ1) is 20.5. The topological polar surface area (TPSA) is 92.7 Å². The first-order chi connectivity index (χ1) is 11.6. The molecule has 0 radical (unpaired) electrons. The van der Waals surface area contributed by atoms with E-state index in [1.54, 1.807) is 6.92 Å². The zero-order valence-corrected chi connectivity index (χ0v) is 13.4. The van der Waals surface area contributed by atoms with Crippen LogP contribution in [0.25, 0.3) is 0 Å². The summed E-state index contributed by atoms with van der Waals surface area (Å²) in [6.07, 6.45) is -5.34. The highest BCUT2D eigenvalue weighted by Crippen LogP contribution is 2.29. The van der Waals surface area contributed by atoms with Gasteiger partial charge in [0.05, 0.1) is 18.6 Å². The van der Waals surface area contributed by atoms with Crippen molar-refractivity contribution >= 4 is 17.8 Å². The van der Waals surface area contributed by atoms with Crippen molar-refractivity contribution in [3.05, 3.63) is 35.4 Å². The van der Waals surface area contributed by atoms with Gasteiger partial charge in [0.2, 0.25) is 5.91 Å². The Balaban J connectivity index is 2.70. The molecule has 0 aliphatic carbocycles. The molecule has 1 amide bonds. The zero-order valence-electron chi connectivity index (χ0n) is 13.4. The lowest BCUT2D eigenvalue weighted by Crippen LogP contribution is -2.42. The number of ether oxygens (including phenoxy) is 1. The Morgan fingerprint density at radius 3 is 2.48 bits per heavy atom. The fourth-order valence-corrected chi connectivity index (χ4v) is 2.03. The van der Waals surface area contributed by atoms with Gasteiger partial charge < -0.3 is 15.2 Å². The molecule has 0 aliphatic heterocycles. The highest BCUT2D eigenvalue weighted by Gasteiger charge is 2.31. The Kier molecular flexibility index (Phi) is 7.41. The van der Waals surface area contributed by atoms with Crippen molar-refractivity contribution in [2.45, 2.75) is 38.4 Å². The Morgan fingerprint density at radius 2 is 1.92 bits per heavy atom. The molecule has 0 unspecified atom stereocenters. The second kappa shape index (κ2) is 9.05. The predicted molar refractivity (Wildman–Crippen MR) is 80.6 cm³/mol. The van der Waals surface area contributed by atoms with Crippen LogP contribution in [-0.4, -0.2) is 35.6 Å². The zero-order chi connectivity index (χ0) is 19.0. The second-order valence-corrected chi connectivity index (χ2v) is 5.17. The van der Waals surface area contributed by atoms with Crippen LogP contribution in [0.1, 0.15) is 30.9 Å². The van der Waals surface area contributed by atoms with E-state index in [2.05, 4.69) is 10.1 Å². The van der Waals surface area contributed by atoms with E-state index >= 15 is 0 Å². The van der Waals surface area contributed by atoms with Crippen LogP contribution in [-0.2, 0) is 31.7 Å². The van der Waals surface area contributed by atoms with Crippen LogP contribution in [0.5, 0.6) is 0 Å². The molecule has 0 bridgehead atoms. The molecule has 0 heterocycles. The lowest BCUT2D eigenvalue weighted by Gasteiger charge is -2.15. The molecule has 0 saturated heterocycles. The summed E-state index contributed by atoms with van der Waals surface area (Å²) >= 11 is 0. The molecule has 1 aromatic carbocycles. The number of hydrogen-bond acceptors (Lipinski definition) is 4. The molecule has 138 valence electrons. The molecule has 0 fully saturated rings. The van der Waals surface area contributed by atoms with E-state index in [1.165, 1.54) is 12.1 Å². The van der Waals surface area contributed by atoms with Crippen LogP contribution >= 0.6 is 0 Å². The Hall–Kier alpha value is -2.58. The largest absolute Gasteiger partial charge is 0.480 e. The highest BCUT2D eigenvalue weighted by molar-refractivity contribution is 5.85. The third kappa shape index (κ3) is 7.23. The minimum atomic E-state index is -4.54. The van der Waals surface area contributed by atoms with Gasteiger partial charge in [-0.3, -0.25) is 9.59 Å². The van der Waals surface area contributed by atoms with Gasteiger partial charge in [0.25, 0.3) is 0 Å². The molecule has 1 rings (SSSR count). The van der Waals surface area contributed by atoms with Gasteiger partial charge in [-0.05, 0) is 18.6 Å². The number of esters is 1. The van der Waals surface area contributed by atoms with E-state index in [4.69, 9.17) is 5.11 Å². The molecule has 0 aliphatic rings. The van der Waals surface area contributed by atoms with E-state index in [9.17, 15) is 27.6 Å². The van der Waals surface area contributed by atoms with E-state index in [-0.39, 0.29) is 31.4 Å². The summed E-state index contributed by atoms with van der Waals surface area (Å²) in [5, 5.41) is 11.3. The molecule has 9 heteroatoms. The highest BCUT2D eigenvalue weighted by atomic mass is 19.4. The number of carboxylic acid groups (broad SMARTS) is 1. The number of halogens is 3. The molecule has 25 heavy (non-hydrogen) atoms. The van der Waals surface area contributed by atoms with Gasteiger partial charge in [-0.15, -0.1) is 0 Å². The van der Waals surface area contributed by atoms with Gasteiger partial charge in [-0.1, -0.05) is 18.2 Å². The average molecular weight is 361 g/mol. The van der Waals surface area contributed by atoms with Gasteiger partial charge in [0.1, 0.15) is 6.04 Å². The maximum Gasteiger partial charge on any atom is 0.416 e. The lowest BCUT2D eigenvalue weighted by molar-refractivity contribution is -0.145. The standard InChI is InChI=1S/C16H18F3NO5/c1-2-25-14(22)7-6-13(21)20-12(15(23)24)9-10-4-3-5-11(8-10)16(17,18)19/h3-5,8,12H,2,6-7,9H2,1H3,(H,20,21)(H,23,24)/t12-/m0/s1. The van der Waals surface area contributed by atoms with Crippen LogP contribution in [0.3, 0.4) is 0 Å². The molecular weight excluding hydrogens is 343 g/mol. The number of amides is 1. The van der Waals surface area contributed by atoms with Gasteiger partial charge in [-0.2, -0.15) is 13.2 Å². The molecule has 1 aromatic rings. The van der Waals surface area contributed by atoms with Gasteiger partial charge >= 0.3 is 18.1 Å². The number of nitrogens with one attached hydrogen (secondary N) is 1. The van der Waals surface area contributed by atoms with Crippen molar-refractivity contribution in [2.24, 2.45) is 0 Å². The Bertz CT molecular complexity index is 630. The third-order valence-electron chi connectivity index (χ3n) is 3.19. The number of hydrogen-bond donors (Lipinski definition) is 2. The van der Waals surface area contributed by atoms with E-state index in [1.807, 2.05) is 0 Å². The average Bonchev–Trinajstić information content (AvgIpc) is 2.52. The van der Waals surface area contributed by atoms with Crippen LogP contribution < -0.4 is 5.32 Å². The number of carbonyl (C=O) groups is 3. The van der Waals surface area contributed by atoms with Gasteiger partial charge in [-0.25, -0.2) is 4.79 Å². The summed E-state index contributed by atoms with van der Waals surface area (Å²) in [6.45, 7) is 1.77. The second-order valence-electron chi connectivity index (χ2n) is 5.17. The van der Waals surface area contributed by atoms with Gasteiger partial charge in [0, 0.05) is 12.8 Å². The lowest BCUT2D eigenvalue weighted by atomic mass is 10.0. The number of aliphatic carboxylic acids is 1. The molecule has 0 aromatic heterocycles. The van der Waals surface area contributed by atoms with Crippen LogP contribution in [0.2, 0.25) is 0 Å². The summed E-state index contributed by atoms with van der Waals surface area (Å²) in [5.74, 6) is -2.68. The molecular formula is C16H18F3NO5. The minimum absolute atomic E-state index is 0.118. The first-order valence-electron chi connectivity index (χ1n) is 7.47. The maximum absolute atomic E-state index is 12.7. The monoisotopic (exact) mass is 361 g/mol. The number of rotatable bonds is 8. The summed E-state index contributed by atoms with van der Waals surface area (Å²) in [4.78, 5) is 34.1. The molecule has 6 nitrogen and oxygen atoms in total. The molecule has 0 saturated carbocycles. The Labute approximate surface area is 142 Å². The Morgan fingerprint density at radius 1 is 1.24 bits per heavy atom. The maximum atomic E-state index is 12.7. The first-order valence-corrected chi connectivity index (χ1v) is 7.47. The normalized spacial score (nSPS) is 12.3. The van der Waals surface area contributed by atoms with Gasteiger partial charge in [0.15, 0.2) is 0 Å². The van der Waals surface area contributed by atoms with Crippen LogP contribution in [0, 0.1) is 0 Å². The van der Waals surface area contributed by atoms with E-state index in [0.717, 1.165) is 12.1 Å². The van der Waals surface area contributed by atoms with Crippen molar-refractivity contribution in [3.63, 3.8) is 0 Å². The smallest absolute Gasteiger partial charge is 0.416 e. The number of carboxylic acids is 1. The summed E-state index contributed by atoms with van der Waals surface area (Å²) in [6, 6.07) is 2.81. The van der Waals surface area contributed by atoms with E-state index in [0.29, 0.717) is 0 Å². The predicted octanol–water partition coefficient (Wildman–Crippen LogP) is 2.16. The number of carbonyl (C=O) groups excluding carboxylic acids is 2. The van der Waals surface area contributed by atoms with Crippen molar-refractivity contribution in [2.75, 3.05) is 6.61 Å². The number of alkyl halides is 3. The molecule has 2 N–H and O–H groups in total. The summed E-state index contributed by atoms with van der Waals surface area (Å²) < 4.78 is 42.7. The van der Waals surface area contributed by atoms with Crippen LogP contribution in [0.4, 0.5) is 13.2 Å². The molecule has 1 atom stereocenters. The fraction of sp³-hybridized carbons (Fsp3) is 0.438. The SMILES string of the molecule is CCOC(=O)CCC(=O)N[C@@H](Cc1cccc(C(F)(F)F)c1)C(=O)O. The van der Waals surface area contributed by atoms with Crippen molar-refractivity contribution in [1.29, 1.82) is 0 Å². The fourth-order valence-electron chi connectivity index (χ4n) is 2.03. The van der Waals surface area contributed by atoms with Crippen LogP contribution in [0.15, 0.2) is 24.3 Å². The van der Waals surface area contributed by atoms with Crippen molar-refractivity contribution < 1.29 is 37.4 Å².